The van der Waals surface area contributed by atoms with Gasteiger partial charge >= 0.3 is 0 Å². The summed E-state index contributed by atoms with van der Waals surface area (Å²) in [5.74, 6) is 0.610. The quantitative estimate of drug-likeness (QED) is 0.617. The van der Waals surface area contributed by atoms with Gasteiger partial charge in [0.15, 0.2) is 5.82 Å². The topological polar surface area (TPSA) is 87.5 Å². The number of halogens is 1. The molecule has 9 nitrogen and oxygen atoms in total. The van der Waals surface area contributed by atoms with Crippen LogP contribution in [0.3, 0.4) is 0 Å². The van der Waals surface area contributed by atoms with Crippen LogP contribution in [0.2, 0.25) is 0 Å². The molecule has 2 aliphatic heterocycles. The minimum absolute atomic E-state index is 0.0115. The number of nitrogens with zero attached hydrogens (tertiary/aromatic N) is 7. The summed E-state index contributed by atoms with van der Waals surface area (Å²) in [5.41, 5.74) is 0.619. The fourth-order valence-electron chi connectivity index (χ4n) is 4.20. The lowest BCUT2D eigenvalue weighted by atomic mass is 10.1. The highest BCUT2D eigenvalue weighted by Gasteiger charge is 2.38. The first kappa shape index (κ1) is 20.1. The van der Waals surface area contributed by atoms with Gasteiger partial charge in [0, 0.05) is 63.3 Å². The Labute approximate surface area is 184 Å². The molecule has 2 aliphatic rings. The van der Waals surface area contributed by atoms with Gasteiger partial charge in [-0.2, -0.15) is 5.10 Å². The van der Waals surface area contributed by atoms with Crippen LogP contribution in [0.1, 0.15) is 6.42 Å². The van der Waals surface area contributed by atoms with Crippen molar-refractivity contribution in [1.82, 2.24) is 24.6 Å². The first-order valence-electron chi connectivity index (χ1n) is 10.5. The molecule has 1 unspecified atom stereocenters. The van der Waals surface area contributed by atoms with E-state index in [0.29, 0.717) is 44.2 Å². The zero-order valence-corrected chi connectivity index (χ0v) is 17.3. The third-order valence-electron chi connectivity index (χ3n) is 5.91. The van der Waals surface area contributed by atoms with E-state index in [2.05, 4.69) is 20.0 Å². The summed E-state index contributed by atoms with van der Waals surface area (Å²) in [6, 6.07) is 9.48. The lowest BCUT2D eigenvalue weighted by molar-refractivity contribution is -0.136. The molecule has 1 aromatic carbocycles. The lowest BCUT2D eigenvalue weighted by Crippen LogP contribution is -2.51. The summed E-state index contributed by atoms with van der Waals surface area (Å²) in [6.07, 6.45) is 5.20. The number of amides is 2. The maximum atomic E-state index is 13.2. The third kappa shape index (κ3) is 3.91. The molecule has 0 bridgehead atoms. The van der Waals surface area contributed by atoms with Crippen molar-refractivity contribution in [1.29, 1.82) is 0 Å². The van der Waals surface area contributed by atoms with Crippen LogP contribution in [0.5, 0.6) is 0 Å². The highest BCUT2D eigenvalue weighted by Crippen LogP contribution is 2.27. The summed E-state index contributed by atoms with van der Waals surface area (Å²) in [5, 5.41) is 4.20. The SMILES string of the molecule is O=C(C1CC(=O)N(c2ccc(F)cc2)C1)N1CCN(c2cc(-n3cccn3)ncn2)CC1. The van der Waals surface area contributed by atoms with Crippen molar-refractivity contribution in [2.24, 2.45) is 5.92 Å². The average molecular weight is 435 g/mol. The van der Waals surface area contributed by atoms with E-state index in [4.69, 9.17) is 0 Å². The van der Waals surface area contributed by atoms with E-state index in [0.717, 1.165) is 5.82 Å². The Morgan fingerprint density at radius 1 is 1.03 bits per heavy atom. The molecule has 2 amide bonds. The molecule has 32 heavy (non-hydrogen) atoms. The first-order chi connectivity index (χ1) is 15.6. The van der Waals surface area contributed by atoms with Gasteiger partial charge in [0.2, 0.25) is 11.8 Å². The van der Waals surface area contributed by atoms with Crippen LogP contribution in [0.25, 0.3) is 5.82 Å². The van der Waals surface area contributed by atoms with Crippen LogP contribution in [-0.4, -0.2) is 69.2 Å². The molecule has 0 saturated carbocycles. The average Bonchev–Trinajstić information content (AvgIpc) is 3.50. The maximum absolute atomic E-state index is 13.2. The van der Waals surface area contributed by atoms with Crippen molar-refractivity contribution >= 4 is 23.3 Å². The molecule has 0 radical (unpaired) electrons. The van der Waals surface area contributed by atoms with Gasteiger partial charge in [0.25, 0.3) is 0 Å². The zero-order chi connectivity index (χ0) is 22.1. The van der Waals surface area contributed by atoms with Gasteiger partial charge in [-0.3, -0.25) is 9.59 Å². The van der Waals surface area contributed by atoms with Crippen molar-refractivity contribution in [3.8, 4) is 5.82 Å². The Balaban J connectivity index is 1.20. The molecule has 2 saturated heterocycles. The third-order valence-corrected chi connectivity index (χ3v) is 5.91. The second-order valence-electron chi connectivity index (χ2n) is 7.88. The second-order valence-corrected chi connectivity index (χ2v) is 7.88. The molecule has 0 aliphatic carbocycles. The highest BCUT2D eigenvalue weighted by molar-refractivity contribution is 6.00. The number of benzene rings is 1. The van der Waals surface area contributed by atoms with Gasteiger partial charge in [-0.25, -0.2) is 19.0 Å². The number of hydrogen-bond donors (Lipinski definition) is 0. The van der Waals surface area contributed by atoms with E-state index in [1.807, 2.05) is 23.2 Å². The van der Waals surface area contributed by atoms with E-state index in [9.17, 15) is 14.0 Å². The van der Waals surface area contributed by atoms with E-state index < -0.39 is 0 Å². The Morgan fingerprint density at radius 2 is 1.78 bits per heavy atom. The summed E-state index contributed by atoms with van der Waals surface area (Å²) in [6.45, 7) is 2.72. The van der Waals surface area contributed by atoms with Crippen LogP contribution in [0.15, 0.2) is 55.1 Å². The molecule has 164 valence electrons. The summed E-state index contributed by atoms with van der Waals surface area (Å²) >= 11 is 0. The molecule has 4 heterocycles. The van der Waals surface area contributed by atoms with Gasteiger partial charge in [-0.1, -0.05) is 0 Å². The Bertz CT molecular complexity index is 1110. The van der Waals surface area contributed by atoms with Gasteiger partial charge in [0.05, 0.1) is 5.92 Å². The number of aromatic nitrogens is 4. The molecule has 0 spiro atoms. The largest absolute Gasteiger partial charge is 0.353 e. The van der Waals surface area contributed by atoms with Crippen LogP contribution in [0, 0.1) is 11.7 Å². The Hall–Kier alpha value is -3.82. The summed E-state index contributed by atoms with van der Waals surface area (Å²) < 4.78 is 14.9. The fraction of sp³-hybridized carbons (Fsp3) is 0.318. The molecular formula is C22H22FN7O2. The Kier molecular flexibility index (Phi) is 5.26. The lowest BCUT2D eigenvalue weighted by Gasteiger charge is -2.36. The second kappa shape index (κ2) is 8.37. The summed E-state index contributed by atoms with van der Waals surface area (Å²) in [7, 11) is 0. The highest BCUT2D eigenvalue weighted by atomic mass is 19.1. The van der Waals surface area contributed by atoms with Crippen LogP contribution in [-0.2, 0) is 9.59 Å². The molecular weight excluding hydrogens is 413 g/mol. The predicted octanol–water partition coefficient (Wildman–Crippen LogP) is 1.50. The fourth-order valence-corrected chi connectivity index (χ4v) is 4.20. The van der Waals surface area contributed by atoms with E-state index >= 15 is 0 Å². The van der Waals surface area contributed by atoms with Gasteiger partial charge in [-0.05, 0) is 30.3 Å². The number of carbonyl (C=O) groups excluding carboxylic acids is 2. The van der Waals surface area contributed by atoms with E-state index in [1.165, 1.54) is 18.5 Å². The van der Waals surface area contributed by atoms with Crippen LogP contribution < -0.4 is 9.80 Å². The van der Waals surface area contributed by atoms with Crippen molar-refractivity contribution in [3.05, 3.63) is 60.9 Å². The van der Waals surface area contributed by atoms with Crippen LogP contribution >= 0.6 is 0 Å². The standard InChI is InChI=1S/C22H22FN7O2/c23-17-2-4-18(5-3-17)29-14-16(12-21(29)31)22(32)28-10-8-27(9-11-28)19-13-20(25-15-24-19)30-7-1-6-26-30/h1-7,13,15-16H,8-12,14H2. The normalized spacial score (nSPS) is 19.0. The molecule has 1 atom stereocenters. The molecule has 2 fully saturated rings. The van der Waals surface area contributed by atoms with Crippen molar-refractivity contribution in [2.75, 3.05) is 42.5 Å². The van der Waals surface area contributed by atoms with Crippen LogP contribution in [0.4, 0.5) is 15.9 Å². The predicted molar refractivity (Wildman–Crippen MR) is 115 cm³/mol. The zero-order valence-electron chi connectivity index (χ0n) is 17.3. The molecule has 3 aromatic rings. The van der Waals surface area contributed by atoms with E-state index in [1.54, 1.807) is 27.9 Å². The molecule has 10 heteroatoms. The minimum Gasteiger partial charge on any atom is -0.353 e. The van der Waals surface area contributed by atoms with Gasteiger partial charge in [0.1, 0.15) is 18.0 Å². The van der Waals surface area contributed by atoms with Gasteiger partial charge < -0.3 is 14.7 Å². The monoisotopic (exact) mass is 435 g/mol. The number of hydrogen-bond acceptors (Lipinski definition) is 6. The van der Waals surface area contributed by atoms with E-state index in [-0.39, 0.29) is 30.0 Å². The number of carbonyl (C=O) groups is 2. The minimum atomic E-state index is -0.385. The maximum Gasteiger partial charge on any atom is 0.228 e. The Morgan fingerprint density at radius 3 is 2.50 bits per heavy atom. The smallest absolute Gasteiger partial charge is 0.228 e. The number of anilines is 2. The molecule has 5 rings (SSSR count). The molecule has 2 aromatic heterocycles. The van der Waals surface area contributed by atoms with Gasteiger partial charge in [-0.15, -0.1) is 0 Å². The molecule has 0 N–H and O–H groups in total. The van der Waals surface area contributed by atoms with Crippen molar-refractivity contribution in [3.63, 3.8) is 0 Å². The first-order valence-corrected chi connectivity index (χ1v) is 10.5. The van der Waals surface area contributed by atoms with Crippen molar-refractivity contribution < 1.29 is 14.0 Å². The summed E-state index contributed by atoms with van der Waals surface area (Å²) in [4.78, 5) is 39.6. The van der Waals surface area contributed by atoms with Crippen molar-refractivity contribution in [2.45, 2.75) is 6.42 Å². The number of rotatable bonds is 4. The number of piperazine rings is 1.